The highest BCUT2D eigenvalue weighted by atomic mass is 16.5. The third-order valence-corrected chi connectivity index (χ3v) is 5.32. The van der Waals surface area contributed by atoms with Crippen LogP contribution in [0.15, 0.2) is 41.3 Å². The van der Waals surface area contributed by atoms with Crippen LogP contribution in [0.4, 0.5) is 0 Å². The molecule has 2 aliphatic rings. The maximum absolute atomic E-state index is 12.7. The van der Waals surface area contributed by atoms with Crippen molar-refractivity contribution >= 4 is 5.91 Å². The van der Waals surface area contributed by atoms with Crippen molar-refractivity contribution in [2.24, 2.45) is 0 Å². The average Bonchev–Trinajstić information content (AvgIpc) is 3.17. The van der Waals surface area contributed by atoms with Gasteiger partial charge < -0.3 is 15.0 Å². The fraction of sp³-hybridized carbons (Fsp3) is 0.450. The molecule has 2 N–H and O–H groups in total. The molecule has 2 aliphatic heterocycles. The van der Waals surface area contributed by atoms with Crippen LogP contribution in [0.25, 0.3) is 11.4 Å². The number of ether oxygens (including phenoxy) is 1. The second kappa shape index (κ2) is 8.02. The minimum Gasteiger partial charge on any atom is -0.378 e. The van der Waals surface area contributed by atoms with E-state index in [1.807, 2.05) is 30.3 Å². The summed E-state index contributed by atoms with van der Waals surface area (Å²) >= 11 is 0. The number of carbonyl (C=O) groups excluding carboxylic acids is 1. The number of H-pyrrole nitrogens is 1. The number of likely N-dealkylation sites (tertiary alicyclic amines) is 1. The Bertz CT molecular complexity index is 846. The molecule has 0 radical (unpaired) electrons. The summed E-state index contributed by atoms with van der Waals surface area (Å²) in [4.78, 5) is 34.4. The maximum Gasteiger partial charge on any atom is 0.264 e. The summed E-state index contributed by atoms with van der Waals surface area (Å²) in [7, 11) is 0. The van der Waals surface area contributed by atoms with Crippen molar-refractivity contribution in [3.63, 3.8) is 0 Å². The molecule has 0 saturated carbocycles. The molecule has 7 heteroatoms. The van der Waals surface area contributed by atoms with Gasteiger partial charge in [0.15, 0.2) is 0 Å². The van der Waals surface area contributed by atoms with Gasteiger partial charge in [0.1, 0.15) is 11.4 Å². The van der Waals surface area contributed by atoms with Crippen LogP contribution >= 0.6 is 0 Å². The van der Waals surface area contributed by atoms with E-state index in [1.165, 1.54) is 25.5 Å². The molecule has 3 heterocycles. The number of nitrogens with zero attached hydrogens (tertiary/aromatic N) is 2. The number of carbonyl (C=O) groups is 1. The largest absolute Gasteiger partial charge is 0.378 e. The number of nitrogens with one attached hydrogen (secondary N) is 2. The van der Waals surface area contributed by atoms with Gasteiger partial charge in [0.25, 0.3) is 11.5 Å². The molecule has 7 nitrogen and oxygen atoms in total. The van der Waals surface area contributed by atoms with Gasteiger partial charge in [0, 0.05) is 11.8 Å². The van der Waals surface area contributed by atoms with Crippen molar-refractivity contribution in [1.82, 2.24) is 20.2 Å². The average molecular weight is 368 g/mol. The van der Waals surface area contributed by atoms with Crippen molar-refractivity contribution in [3.8, 4) is 11.4 Å². The van der Waals surface area contributed by atoms with Gasteiger partial charge >= 0.3 is 0 Å². The molecule has 0 spiro atoms. The van der Waals surface area contributed by atoms with E-state index in [-0.39, 0.29) is 17.6 Å². The summed E-state index contributed by atoms with van der Waals surface area (Å²) in [5, 5.41) is 2.98. The fourth-order valence-electron chi connectivity index (χ4n) is 3.84. The van der Waals surface area contributed by atoms with E-state index in [0.29, 0.717) is 19.0 Å². The first-order chi connectivity index (χ1) is 13.2. The molecular formula is C20H24N4O3. The van der Waals surface area contributed by atoms with E-state index in [9.17, 15) is 9.59 Å². The van der Waals surface area contributed by atoms with E-state index in [1.54, 1.807) is 0 Å². The van der Waals surface area contributed by atoms with Gasteiger partial charge in [-0.15, -0.1) is 0 Å². The number of piperidine rings is 1. The monoisotopic (exact) mass is 368 g/mol. The van der Waals surface area contributed by atoms with Gasteiger partial charge in [-0.1, -0.05) is 36.8 Å². The number of aromatic amines is 1. The van der Waals surface area contributed by atoms with Gasteiger partial charge in [-0.05, 0) is 25.9 Å². The van der Waals surface area contributed by atoms with Gasteiger partial charge in [-0.2, -0.15) is 0 Å². The lowest BCUT2D eigenvalue weighted by Gasteiger charge is -2.34. The van der Waals surface area contributed by atoms with Crippen LogP contribution in [0.2, 0.25) is 0 Å². The number of benzene rings is 1. The summed E-state index contributed by atoms with van der Waals surface area (Å²) < 4.78 is 5.61. The van der Waals surface area contributed by atoms with Crippen LogP contribution in [-0.4, -0.2) is 59.2 Å². The molecule has 2 atom stereocenters. The fourth-order valence-corrected chi connectivity index (χ4v) is 3.84. The molecule has 2 saturated heterocycles. The molecular weight excluding hydrogens is 344 g/mol. The molecule has 4 rings (SSSR count). The minimum absolute atomic E-state index is 0.0268. The zero-order valence-electron chi connectivity index (χ0n) is 15.2. The first-order valence-electron chi connectivity index (χ1n) is 9.50. The maximum atomic E-state index is 12.7. The summed E-state index contributed by atoms with van der Waals surface area (Å²) in [5.74, 6) is 0.0495. The molecule has 0 bridgehead atoms. The van der Waals surface area contributed by atoms with Crippen molar-refractivity contribution in [2.75, 3.05) is 26.3 Å². The Morgan fingerprint density at radius 2 is 1.93 bits per heavy atom. The van der Waals surface area contributed by atoms with E-state index in [0.717, 1.165) is 18.7 Å². The molecule has 0 aliphatic carbocycles. The third kappa shape index (κ3) is 3.94. The zero-order valence-corrected chi connectivity index (χ0v) is 15.2. The van der Waals surface area contributed by atoms with E-state index < -0.39 is 11.5 Å². The second-order valence-electron chi connectivity index (χ2n) is 7.12. The predicted octanol–water partition coefficient (Wildman–Crippen LogP) is 1.42. The predicted molar refractivity (Wildman–Crippen MR) is 102 cm³/mol. The minimum atomic E-state index is -0.435. The summed E-state index contributed by atoms with van der Waals surface area (Å²) in [6.45, 7) is 3.16. The van der Waals surface area contributed by atoms with Crippen molar-refractivity contribution in [1.29, 1.82) is 0 Å². The summed E-state index contributed by atoms with van der Waals surface area (Å²) in [6, 6.07) is 9.42. The van der Waals surface area contributed by atoms with Crippen molar-refractivity contribution in [2.45, 2.75) is 31.3 Å². The SMILES string of the molecule is O=C(N[C@H]1COC[C@@H]1N1CCCCC1)c1cnc(-c2ccccc2)[nH]c1=O. The first-order valence-corrected chi connectivity index (χ1v) is 9.50. The molecule has 27 heavy (non-hydrogen) atoms. The molecule has 2 fully saturated rings. The second-order valence-corrected chi connectivity index (χ2v) is 7.12. The van der Waals surface area contributed by atoms with Gasteiger partial charge in [0.05, 0.1) is 25.3 Å². The Kier molecular flexibility index (Phi) is 5.31. The molecule has 2 aromatic rings. The topological polar surface area (TPSA) is 87.3 Å². The highest BCUT2D eigenvalue weighted by Crippen LogP contribution is 2.19. The van der Waals surface area contributed by atoms with E-state index >= 15 is 0 Å². The quantitative estimate of drug-likeness (QED) is 0.852. The molecule has 1 aromatic heterocycles. The highest BCUT2D eigenvalue weighted by molar-refractivity contribution is 5.93. The van der Waals surface area contributed by atoms with Gasteiger partial charge in [0.2, 0.25) is 0 Å². The number of hydrogen-bond acceptors (Lipinski definition) is 5. The normalized spacial score (nSPS) is 23.3. The molecule has 0 unspecified atom stereocenters. The summed E-state index contributed by atoms with van der Waals surface area (Å²) in [6.07, 6.45) is 4.97. The Morgan fingerprint density at radius 1 is 1.15 bits per heavy atom. The number of aromatic nitrogens is 2. The number of hydrogen-bond donors (Lipinski definition) is 2. The number of rotatable bonds is 4. The standard InChI is InChI=1S/C20H24N4O3/c25-19(22-16-12-27-13-17(16)24-9-5-2-6-10-24)15-11-21-18(23-20(15)26)14-7-3-1-4-8-14/h1,3-4,7-8,11,16-17H,2,5-6,9-10,12-13H2,(H,22,25)(H,21,23,26)/t16-,17-/m0/s1. The van der Waals surface area contributed by atoms with Crippen LogP contribution in [0.3, 0.4) is 0 Å². The third-order valence-electron chi connectivity index (χ3n) is 5.32. The molecule has 142 valence electrons. The van der Waals surface area contributed by atoms with Crippen LogP contribution in [0.5, 0.6) is 0 Å². The Balaban J connectivity index is 1.47. The lowest BCUT2D eigenvalue weighted by atomic mass is 10.0. The van der Waals surface area contributed by atoms with Crippen molar-refractivity contribution < 1.29 is 9.53 Å². The lowest BCUT2D eigenvalue weighted by Crippen LogP contribution is -2.53. The van der Waals surface area contributed by atoms with Crippen LogP contribution in [0, 0.1) is 0 Å². The Hall–Kier alpha value is -2.51. The Labute approximate surface area is 157 Å². The van der Waals surface area contributed by atoms with Crippen LogP contribution < -0.4 is 10.9 Å². The van der Waals surface area contributed by atoms with E-state index in [2.05, 4.69) is 20.2 Å². The first kappa shape index (κ1) is 17.9. The molecule has 1 aromatic carbocycles. The zero-order chi connectivity index (χ0) is 18.6. The van der Waals surface area contributed by atoms with Crippen molar-refractivity contribution in [3.05, 3.63) is 52.4 Å². The summed E-state index contributed by atoms with van der Waals surface area (Å²) in [5.41, 5.74) is 0.393. The van der Waals surface area contributed by atoms with Crippen LogP contribution in [-0.2, 0) is 4.74 Å². The lowest BCUT2D eigenvalue weighted by molar-refractivity contribution is 0.0898. The van der Waals surface area contributed by atoms with E-state index in [4.69, 9.17) is 4.74 Å². The Morgan fingerprint density at radius 3 is 2.67 bits per heavy atom. The molecule has 1 amide bonds. The number of amides is 1. The van der Waals surface area contributed by atoms with Gasteiger partial charge in [-0.25, -0.2) is 4.98 Å². The highest BCUT2D eigenvalue weighted by Gasteiger charge is 2.35. The van der Waals surface area contributed by atoms with Crippen LogP contribution in [0.1, 0.15) is 29.6 Å². The van der Waals surface area contributed by atoms with Gasteiger partial charge in [-0.3, -0.25) is 14.5 Å². The smallest absolute Gasteiger partial charge is 0.264 e.